The predicted octanol–water partition coefficient (Wildman–Crippen LogP) is 4.32. The summed E-state index contributed by atoms with van der Waals surface area (Å²) in [5, 5.41) is 3.37. The average Bonchev–Trinajstić information content (AvgIpc) is 2.38. The van der Waals surface area contributed by atoms with Crippen molar-refractivity contribution in [2.45, 2.75) is 19.1 Å². The maximum atomic E-state index is 12.5. The van der Waals surface area contributed by atoms with Crippen LogP contribution >= 0.6 is 11.6 Å². The number of alkyl halides is 3. The molecule has 0 bridgehead atoms. The lowest BCUT2D eigenvalue weighted by molar-refractivity contribution is -0.141. The third-order valence-corrected chi connectivity index (χ3v) is 2.88. The van der Waals surface area contributed by atoms with Gasteiger partial charge < -0.3 is 5.32 Å². The van der Waals surface area contributed by atoms with Crippen molar-refractivity contribution in [1.82, 2.24) is 9.97 Å². The van der Waals surface area contributed by atoms with E-state index >= 15 is 0 Å². The number of rotatable bonds is 3. The van der Waals surface area contributed by atoms with E-state index in [0.717, 1.165) is 17.8 Å². The molecule has 0 spiro atoms. The molecule has 0 aliphatic rings. The summed E-state index contributed by atoms with van der Waals surface area (Å²) in [6.45, 7) is 1.79. The first-order chi connectivity index (χ1) is 9.36. The minimum Gasteiger partial charge on any atom is -0.348 e. The fourth-order valence-electron chi connectivity index (χ4n) is 1.64. The van der Waals surface area contributed by atoms with Crippen molar-refractivity contribution >= 4 is 17.5 Å². The molecule has 1 atom stereocenters. The summed E-state index contributed by atoms with van der Waals surface area (Å²) in [6, 6.07) is 7.60. The number of hydrogen-bond donors (Lipinski definition) is 1. The van der Waals surface area contributed by atoms with Gasteiger partial charge in [-0.05, 0) is 30.7 Å². The lowest BCUT2D eigenvalue weighted by atomic mass is 10.1. The predicted molar refractivity (Wildman–Crippen MR) is 70.5 cm³/mol. The number of nitrogens with zero attached hydrogens (tertiary/aromatic N) is 2. The van der Waals surface area contributed by atoms with Gasteiger partial charge in [-0.2, -0.15) is 13.2 Å². The Morgan fingerprint density at radius 3 is 2.65 bits per heavy atom. The van der Waals surface area contributed by atoms with E-state index in [0.29, 0.717) is 5.02 Å². The Labute approximate surface area is 118 Å². The number of nitrogens with one attached hydrogen (secondary N) is 1. The highest BCUT2D eigenvalue weighted by Crippen LogP contribution is 2.28. The molecule has 0 saturated carbocycles. The normalized spacial score (nSPS) is 13.1. The number of hydrogen-bond acceptors (Lipinski definition) is 3. The lowest BCUT2D eigenvalue weighted by Crippen LogP contribution is -2.13. The summed E-state index contributed by atoms with van der Waals surface area (Å²) in [5.74, 6) is -0.0766. The summed E-state index contributed by atoms with van der Waals surface area (Å²) in [6.07, 6.45) is -3.42. The molecule has 0 fully saturated rings. The molecule has 1 unspecified atom stereocenters. The Hall–Kier alpha value is -1.82. The third-order valence-electron chi connectivity index (χ3n) is 2.64. The molecule has 1 aromatic carbocycles. The lowest BCUT2D eigenvalue weighted by Gasteiger charge is -2.15. The van der Waals surface area contributed by atoms with Crippen molar-refractivity contribution in [1.29, 1.82) is 0 Å². The molecular weight excluding hydrogens is 291 g/mol. The molecule has 3 nitrogen and oxygen atoms in total. The summed E-state index contributed by atoms with van der Waals surface area (Å²) < 4.78 is 37.6. The zero-order valence-electron chi connectivity index (χ0n) is 10.4. The van der Waals surface area contributed by atoms with Crippen molar-refractivity contribution in [3.05, 3.63) is 52.8 Å². The zero-order chi connectivity index (χ0) is 14.8. The molecular formula is C13H11ClF3N3. The van der Waals surface area contributed by atoms with Crippen LogP contribution in [0, 0.1) is 0 Å². The van der Waals surface area contributed by atoms with Gasteiger partial charge in [-0.15, -0.1) is 0 Å². The van der Waals surface area contributed by atoms with Gasteiger partial charge in [-0.3, -0.25) is 0 Å². The van der Waals surface area contributed by atoms with Gasteiger partial charge in [0.15, 0.2) is 0 Å². The van der Waals surface area contributed by atoms with Gasteiger partial charge in [0.2, 0.25) is 5.95 Å². The van der Waals surface area contributed by atoms with Gasteiger partial charge in [-0.25, -0.2) is 9.97 Å². The van der Waals surface area contributed by atoms with Gasteiger partial charge >= 0.3 is 6.18 Å². The van der Waals surface area contributed by atoms with Crippen LogP contribution in [-0.4, -0.2) is 9.97 Å². The second-order valence-corrected chi connectivity index (χ2v) is 4.62. The Bertz CT molecular complexity index is 601. The van der Waals surface area contributed by atoms with Crippen LogP contribution in [0.1, 0.15) is 24.2 Å². The fraction of sp³-hybridized carbons (Fsp3) is 0.231. The van der Waals surface area contributed by atoms with E-state index in [1.54, 1.807) is 25.1 Å². The van der Waals surface area contributed by atoms with Crippen LogP contribution in [0.25, 0.3) is 0 Å². The topological polar surface area (TPSA) is 37.8 Å². The first-order valence-corrected chi connectivity index (χ1v) is 6.16. The summed E-state index contributed by atoms with van der Waals surface area (Å²) in [5.41, 5.74) is -0.146. The molecule has 0 aliphatic heterocycles. The van der Waals surface area contributed by atoms with Crippen LogP contribution in [0.4, 0.5) is 19.1 Å². The van der Waals surface area contributed by atoms with Crippen molar-refractivity contribution < 1.29 is 13.2 Å². The molecule has 106 valence electrons. The molecule has 0 saturated heterocycles. The minimum absolute atomic E-state index is 0.0766. The second kappa shape index (κ2) is 5.66. The fourth-order valence-corrected chi connectivity index (χ4v) is 1.84. The summed E-state index contributed by atoms with van der Waals surface area (Å²) in [4.78, 5) is 7.24. The molecule has 0 amide bonds. The van der Waals surface area contributed by atoms with Crippen LogP contribution in [0.15, 0.2) is 36.5 Å². The van der Waals surface area contributed by atoms with Gasteiger partial charge in [0, 0.05) is 11.2 Å². The maximum Gasteiger partial charge on any atom is 0.433 e. The average molecular weight is 302 g/mol. The Kier molecular flexibility index (Phi) is 4.13. The number of benzene rings is 1. The molecule has 0 radical (unpaired) electrons. The highest BCUT2D eigenvalue weighted by Gasteiger charge is 2.32. The van der Waals surface area contributed by atoms with Crippen LogP contribution < -0.4 is 5.32 Å². The minimum atomic E-state index is -4.49. The zero-order valence-corrected chi connectivity index (χ0v) is 11.2. The molecule has 7 heteroatoms. The molecule has 1 N–H and O–H groups in total. The van der Waals surface area contributed by atoms with Gasteiger partial charge in [0.05, 0.1) is 6.04 Å². The van der Waals surface area contributed by atoms with Gasteiger partial charge in [-0.1, -0.05) is 23.7 Å². The highest BCUT2D eigenvalue weighted by atomic mass is 35.5. The Morgan fingerprint density at radius 2 is 2.00 bits per heavy atom. The van der Waals surface area contributed by atoms with Crippen LogP contribution in [0.3, 0.4) is 0 Å². The van der Waals surface area contributed by atoms with Crippen LogP contribution in [0.2, 0.25) is 5.02 Å². The monoisotopic (exact) mass is 301 g/mol. The quantitative estimate of drug-likeness (QED) is 0.917. The number of aromatic nitrogens is 2. The Balaban J connectivity index is 2.18. The number of anilines is 1. The smallest absolute Gasteiger partial charge is 0.348 e. The van der Waals surface area contributed by atoms with Crippen molar-refractivity contribution in [2.24, 2.45) is 0 Å². The van der Waals surface area contributed by atoms with Gasteiger partial charge in [0.25, 0.3) is 0 Å². The van der Waals surface area contributed by atoms with Crippen LogP contribution in [-0.2, 0) is 6.18 Å². The van der Waals surface area contributed by atoms with E-state index in [2.05, 4.69) is 15.3 Å². The van der Waals surface area contributed by atoms with Crippen molar-refractivity contribution in [3.8, 4) is 0 Å². The van der Waals surface area contributed by atoms with Crippen molar-refractivity contribution in [2.75, 3.05) is 5.32 Å². The van der Waals surface area contributed by atoms with E-state index in [1.807, 2.05) is 6.07 Å². The summed E-state index contributed by atoms with van der Waals surface area (Å²) >= 11 is 5.87. The molecule has 20 heavy (non-hydrogen) atoms. The largest absolute Gasteiger partial charge is 0.433 e. The molecule has 0 aliphatic carbocycles. The molecule has 1 heterocycles. The number of halogens is 4. The second-order valence-electron chi connectivity index (χ2n) is 4.18. The summed E-state index contributed by atoms with van der Waals surface area (Å²) in [7, 11) is 0. The van der Waals surface area contributed by atoms with E-state index in [1.165, 1.54) is 0 Å². The maximum absolute atomic E-state index is 12.5. The van der Waals surface area contributed by atoms with Gasteiger partial charge in [0.1, 0.15) is 5.69 Å². The highest BCUT2D eigenvalue weighted by molar-refractivity contribution is 6.30. The Morgan fingerprint density at radius 1 is 1.25 bits per heavy atom. The van der Waals surface area contributed by atoms with E-state index < -0.39 is 11.9 Å². The SMILES string of the molecule is CC(Nc1nccc(C(F)(F)F)n1)c1cccc(Cl)c1. The first-order valence-electron chi connectivity index (χ1n) is 5.78. The van der Waals surface area contributed by atoms with E-state index in [-0.39, 0.29) is 12.0 Å². The molecule has 1 aromatic heterocycles. The molecule has 2 aromatic rings. The third kappa shape index (κ3) is 3.60. The van der Waals surface area contributed by atoms with E-state index in [4.69, 9.17) is 11.6 Å². The standard InChI is InChI=1S/C13H11ClF3N3/c1-8(9-3-2-4-10(14)7-9)19-12-18-6-5-11(20-12)13(15,16)17/h2-8H,1H3,(H,18,19,20). The first kappa shape index (κ1) is 14.6. The van der Waals surface area contributed by atoms with E-state index in [9.17, 15) is 13.2 Å². The van der Waals surface area contributed by atoms with Crippen LogP contribution in [0.5, 0.6) is 0 Å². The molecule has 2 rings (SSSR count). The van der Waals surface area contributed by atoms with Crippen molar-refractivity contribution in [3.63, 3.8) is 0 Å².